The van der Waals surface area contributed by atoms with Gasteiger partial charge >= 0.3 is 0 Å². The van der Waals surface area contributed by atoms with E-state index in [-0.39, 0.29) is 0 Å². The molecule has 1 aromatic heterocycles. The summed E-state index contributed by atoms with van der Waals surface area (Å²) in [5.74, 6) is 1.93. The Kier molecular flexibility index (Phi) is 4.88. The van der Waals surface area contributed by atoms with Crippen molar-refractivity contribution < 1.29 is 9.47 Å². The van der Waals surface area contributed by atoms with Crippen molar-refractivity contribution in [1.82, 2.24) is 9.97 Å². The maximum absolute atomic E-state index is 6.23. The predicted octanol–water partition coefficient (Wildman–Crippen LogP) is 5.12. The lowest BCUT2D eigenvalue weighted by Crippen LogP contribution is -1.91. The van der Waals surface area contributed by atoms with E-state index in [4.69, 9.17) is 32.7 Å². The third-order valence-electron chi connectivity index (χ3n) is 3.43. The number of hydrogen-bond acceptors (Lipinski definition) is 4. The molecule has 122 valence electrons. The number of aromatic nitrogens is 2. The first-order valence-electron chi connectivity index (χ1n) is 7.13. The van der Waals surface area contributed by atoms with Crippen LogP contribution in [0.3, 0.4) is 0 Å². The van der Waals surface area contributed by atoms with Crippen LogP contribution in [0.25, 0.3) is 23.1 Å². The first-order chi connectivity index (χ1) is 11.6. The Morgan fingerprint density at radius 3 is 2.25 bits per heavy atom. The molecule has 0 N–H and O–H groups in total. The van der Waals surface area contributed by atoms with Crippen LogP contribution in [0.5, 0.6) is 11.5 Å². The second kappa shape index (κ2) is 7.07. The molecule has 3 rings (SSSR count). The number of rotatable bonds is 4. The molecule has 0 spiro atoms. The molecule has 6 heteroatoms. The van der Waals surface area contributed by atoms with Crippen molar-refractivity contribution in [2.75, 3.05) is 14.2 Å². The average Bonchev–Trinajstić information content (AvgIpc) is 2.60. The van der Waals surface area contributed by atoms with Crippen molar-refractivity contribution >= 4 is 46.3 Å². The maximum Gasteiger partial charge on any atom is 0.154 e. The second-order valence-electron chi connectivity index (χ2n) is 5.01. The van der Waals surface area contributed by atoms with E-state index >= 15 is 0 Å². The molecule has 2 aromatic carbocycles. The highest BCUT2D eigenvalue weighted by Gasteiger charge is 2.05. The summed E-state index contributed by atoms with van der Waals surface area (Å²) in [5.41, 5.74) is 1.64. The molecule has 3 aromatic rings. The van der Waals surface area contributed by atoms with Gasteiger partial charge < -0.3 is 9.47 Å². The van der Waals surface area contributed by atoms with Crippen molar-refractivity contribution in [3.8, 4) is 11.5 Å². The quantitative estimate of drug-likeness (QED) is 0.605. The van der Waals surface area contributed by atoms with Crippen molar-refractivity contribution in [2.24, 2.45) is 0 Å². The van der Waals surface area contributed by atoms with Gasteiger partial charge in [-0.1, -0.05) is 29.3 Å². The summed E-state index contributed by atoms with van der Waals surface area (Å²) < 4.78 is 10.5. The Bertz CT molecular complexity index is 904. The van der Waals surface area contributed by atoms with Crippen LogP contribution in [-0.2, 0) is 0 Å². The number of nitrogens with zero attached hydrogens (tertiary/aromatic N) is 2. The van der Waals surface area contributed by atoms with Gasteiger partial charge in [0.2, 0.25) is 0 Å². The molecule has 0 aliphatic heterocycles. The summed E-state index contributed by atoms with van der Waals surface area (Å²) in [7, 11) is 3.22. The monoisotopic (exact) mass is 360 g/mol. The summed E-state index contributed by atoms with van der Waals surface area (Å²) in [6.45, 7) is 0. The SMILES string of the molecule is COc1cc(C=Cc2nc(Cl)c3cc(Cl)ccc3n2)cc(OC)c1. The Morgan fingerprint density at radius 2 is 1.58 bits per heavy atom. The fourth-order valence-corrected chi connectivity index (χ4v) is 2.66. The number of halogens is 2. The van der Waals surface area contributed by atoms with Crippen molar-refractivity contribution in [3.05, 3.63) is 58.0 Å². The van der Waals surface area contributed by atoms with Crippen molar-refractivity contribution in [3.63, 3.8) is 0 Å². The first-order valence-corrected chi connectivity index (χ1v) is 7.88. The van der Waals surface area contributed by atoms with Crippen LogP contribution in [0.4, 0.5) is 0 Å². The van der Waals surface area contributed by atoms with Gasteiger partial charge in [-0.2, -0.15) is 0 Å². The molecule has 0 atom stereocenters. The number of ether oxygens (including phenoxy) is 2. The topological polar surface area (TPSA) is 44.2 Å². The zero-order valence-corrected chi connectivity index (χ0v) is 14.6. The van der Waals surface area contributed by atoms with Gasteiger partial charge in [-0.3, -0.25) is 0 Å². The zero-order valence-electron chi connectivity index (χ0n) is 13.1. The average molecular weight is 361 g/mol. The van der Waals surface area contributed by atoms with Crippen LogP contribution in [0.2, 0.25) is 10.2 Å². The first kappa shape index (κ1) is 16.6. The third-order valence-corrected chi connectivity index (χ3v) is 3.95. The standard InChI is InChI=1S/C18H14Cl2N2O2/c1-23-13-7-11(8-14(10-13)24-2)3-6-17-21-16-5-4-12(19)9-15(16)18(20)22-17/h3-10H,1-2H3. The molecule has 24 heavy (non-hydrogen) atoms. The molecular weight excluding hydrogens is 347 g/mol. The minimum Gasteiger partial charge on any atom is -0.497 e. The summed E-state index contributed by atoms with van der Waals surface area (Å²) in [6, 6.07) is 10.9. The van der Waals surface area contributed by atoms with Gasteiger partial charge in [-0.25, -0.2) is 9.97 Å². The zero-order chi connectivity index (χ0) is 17.1. The number of fused-ring (bicyclic) bond motifs is 1. The molecule has 0 unspecified atom stereocenters. The molecule has 0 fully saturated rings. The minimum absolute atomic E-state index is 0.366. The van der Waals surface area contributed by atoms with E-state index in [9.17, 15) is 0 Å². The van der Waals surface area contributed by atoms with Crippen LogP contribution in [-0.4, -0.2) is 24.2 Å². The van der Waals surface area contributed by atoms with E-state index in [1.807, 2.05) is 30.3 Å². The van der Waals surface area contributed by atoms with E-state index in [1.54, 1.807) is 32.4 Å². The van der Waals surface area contributed by atoms with E-state index in [2.05, 4.69) is 9.97 Å². The molecule has 0 amide bonds. The second-order valence-corrected chi connectivity index (χ2v) is 5.81. The summed E-state index contributed by atoms with van der Waals surface area (Å²) in [6.07, 6.45) is 3.66. The Morgan fingerprint density at radius 1 is 0.875 bits per heavy atom. The Balaban J connectivity index is 1.97. The third kappa shape index (κ3) is 3.61. The summed E-state index contributed by atoms with van der Waals surface area (Å²) in [5, 5.41) is 1.69. The molecule has 1 heterocycles. The van der Waals surface area contributed by atoms with Crippen LogP contribution in [0.1, 0.15) is 11.4 Å². The fourth-order valence-electron chi connectivity index (χ4n) is 2.25. The van der Waals surface area contributed by atoms with E-state index in [0.29, 0.717) is 27.5 Å². The Hall–Kier alpha value is -2.30. The van der Waals surface area contributed by atoms with E-state index < -0.39 is 0 Å². The van der Waals surface area contributed by atoms with Gasteiger partial charge in [0.15, 0.2) is 5.82 Å². The molecule has 0 aliphatic carbocycles. The lowest BCUT2D eigenvalue weighted by molar-refractivity contribution is 0.394. The van der Waals surface area contributed by atoms with Gasteiger partial charge in [-0.15, -0.1) is 0 Å². The van der Waals surface area contributed by atoms with E-state index in [0.717, 1.165) is 16.5 Å². The van der Waals surface area contributed by atoms with Gasteiger partial charge in [0.25, 0.3) is 0 Å². The maximum atomic E-state index is 6.23. The normalized spacial score (nSPS) is 11.2. The van der Waals surface area contributed by atoms with Gasteiger partial charge in [-0.05, 0) is 42.0 Å². The summed E-state index contributed by atoms with van der Waals surface area (Å²) >= 11 is 12.2. The van der Waals surface area contributed by atoms with Gasteiger partial charge in [0.1, 0.15) is 16.7 Å². The summed E-state index contributed by atoms with van der Waals surface area (Å²) in [4.78, 5) is 8.76. The lowest BCUT2D eigenvalue weighted by Gasteiger charge is -2.06. The minimum atomic E-state index is 0.366. The van der Waals surface area contributed by atoms with Crippen molar-refractivity contribution in [1.29, 1.82) is 0 Å². The largest absolute Gasteiger partial charge is 0.497 e. The highest BCUT2D eigenvalue weighted by molar-refractivity contribution is 6.35. The van der Waals surface area contributed by atoms with Crippen LogP contribution in [0.15, 0.2) is 36.4 Å². The molecule has 0 radical (unpaired) electrons. The predicted molar refractivity (Wildman–Crippen MR) is 98.0 cm³/mol. The van der Waals surface area contributed by atoms with Crippen LogP contribution in [0, 0.1) is 0 Å². The van der Waals surface area contributed by atoms with Gasteiger partial charge in [0.05, 0.1) is 19.7 Å². The molecule has 0 bridgehead atoms. The molecule has 0 aliphatic rings. The number of benzene rings is 2. The number of hydrogen-bond donors (Lipinski definition) is 0. The highest BCUT2D eigenvalue weighted by atomic mass is 35.5. The Labute approximate surface area is 149 Å². The molecule has 0 saturated carbocycles. The molecule has 4 nitrogen and oxygen atoms in total. The van der Waals surface area contributed by atoms with Crippen LogP contribution < -0.4 is 9.47 Å². The fraction of sp³-hybridized carbons (Fsp3) is 0.111. The van der Waals surface area contributed by atoms with E-state index in [1.165, 1.54) is 0 Å². The van der Waals surface area contributed by atoms with Crippen molar-refractivity contribution in [2.45, 2.75) is 0 Å². The lowest BCUT2D eigenvalue weighted by atomic mass is 10.2. The molecule has 0 saturated heterocycles. The highest BCUT2D eigenvalue weighted by Crippen LogP contribution is 2.26. The van der Waals surface area contributed by atoms with Gasteiger partial charge in [0, 0.05) is 16.5 Å². The number of methoxy groups -OCH3 is 2. The smallest absolute Gasteiger partial charge is 0.154 e. The van der Waals surface area contributed by atoms with Crippen LogP contribution >= 0.6 is 23.2 Å². The molecular formula is C18H14Cl2N2O2.